The second-order valence-electron chi connectivity index (χ2n) is 6.81. The van der Waals surface area contributed by atoms with Gasteiger partial charge in [-0.15, -0.1) is 0 Å². The molecule has 0 unspecified atom stereocenters. The van der Waals surface area contributed by atoms with Gasteiger partial charge in [-0.25, -0.2) is 4.98 Å². The van der Waals surface area contributed by atoms with E-state index >= 15 is 0 Å². The Balaban J connectivity index is 1.67. The van der Waals surface area contributed by atoms with Crippen molar-refractivity contribution >= 4 is 16.8 Å². The van der Waals surface area contributed by atoms with Crippen LogP contribution in [0.4, 0.5) is 0 Å². The summed E-state index contributed by atoms with van der Waals surface area (Å²) in [6.07, 6.45) is 5.87. The number of benzene rings is 2. The van der Waals surface area contributed by atoms with Crippen molar-refractivity contribution < 1.29 is 9.53 Å². The molecule has 1 N–H and O–H groups in total. The van der Waals surface area contributed by atoms with Gasteiger partial charge >= 0.3 is 0 Å². The molecule has 0 saturated heterocycles. The van der Waals surface area contributed by atoms with E-state index in [0.717, 1.165) is 25.7 Å². The quantitative estimate of drug-likeness (QED) is 0.773. The molecule has 138 valence electrons. The van der Waals surface area contributed by atoms with Gasteiger partial charge in [-0.1, -0.05) is 18.9 Å². The molecular formula is C21H21N3O3. The molecule has 1 aliphatic carbocycles. The highest BCUT2D eigenvalue weighted by molar-refractivity contribution is 5.97. The minimum atomic E-state index is -0.184. The molecule has 6 heteroatoms. The van der Waals surface area contributed by atoms with E-state index in [4.69, 9.17) is 4.74 Å². The van der Waals surface area contributed by atoms with E-state index in [0.29, 0.717) is 27.9 Å². The fourth-order valence-corrected chi connectivity index (χ4v) is 3.55. The first-order chi connectivity index (χ1) is 13.2. The van der Waals surface area contributed by atoms with E-state index in [2.05, 4.69) is 10.3 Å². The first-order valence-electron chi connectivity index (χ1n) is 9.12. The predicted molar refractivity (Wildman–Crippen MR) is 104 cm³/mol. The van der Waals surface area contributed by atoms with Gasteiger partial charge in [0.1, 0.15) is 12.1 Å². The fraction of sp³-hybridized carbons (Fsp3) is 0.286. The molecule has 0 spiro atoms. The third-order valence-corrected chi connectivity index (χ3v) is 5.04. The van der Waals surface area contributed by atoms with E-state index in [-0.39, 0.29) is 17.5 Å². The van der Waals surface area contributed by atoms with Crippen molar-refractivity contribution in [2.24, 2.45) is 0 Å². The van der Waals surface area contributed by atoms with Crippen LogP contribution < -0.4 is 15.6 Å². The summed E-state index contributed by atoms with van der Waals surface area (Å²) in [5.41, 5.74) is 1.53. The second kappa shape index (κ2) is 7.23. The van der Waals surface area contributed by atoms with Gasteiger partial charge in [0.2, 0.25) is 0 Å². The van der Waals surface area contributed by atoms with Crippen LogP contribution in [0.25, 0.3) is 16.6 Å². The van der Waals surface area contributed by atoms with Gasteiger partial charge in [-0.2, -0.15) is 0 Å². The lowest BCUT2D eigenvalue weighted by atomic mass is 10.1. The number of methoxy groups -OCH3 is 1. The van der Waals surface area contributed by atoms with Crippen LogP contribution in [-0.4, -0.2) is 28.6 Å². The standard InChI is InChI=1S/C21H21N3O3/c1-27-17-8-4-7-16(12-17)24-13-22-19-11-14(9-10-18(19)21(24)26)20(25)23-15-5-2-3-6-15/h4,7-13,15H,2-3,5-6H2,1H3,(H,23,25). The third-order valence-electron chi connectivity index (χ3n) is 5.04. The van der Waals surface area contributed by atoms with Crippen LogP contribution in [0.1, 0.15) is 36.0 Å². The number of amides is 1. The highest BCUT2D eigenvalue weighted by Gasteiger charge is 2.18. The number of aromatic nitrogens is 2. The van der Waals surface area contributed by atoms with Crippen molar-refractivity contribution in [2.75, 3.05) is 7.11 Å². The second-order valence-corrected chi connectivity index (χ2v) is 6.81. The van der Waals surface area contributed by atoms with Crippen molar-refractivity contribution in [3.63, 3.8) is 0 Å². The first kappa shape index (κ1) is 17.3. The molecular weight excluding hydrogens is 342 g/mol. The Morgan fingerprint density at radius 1 is 1.19 bits per heavy atom. The molecule has 4 rings (SSSR count). The maximum absolute atomic E-state index is 12.9. The minimum Gasteiger partial charge on any atom is -0.497 e. The molecule has 1 amide bonds. The first-order valence-corrected chi connectivity index (χ1v) is 9.12. The molecule has 6 nitrogen and oxygen atoms in total. The van der Waals surface area contributed by atoms with E-state index in [1.807, 2.05) is 18.2 Å². The summed E-state index contributed by atoms with van der Waals surface area (Å²) in [5.74, 6) is 0.556. The van der Waals surface area contributed by atoms with E-state index < -0.39 is 0 Å². The molecule has 0 bridgehead atoms. The predicted octanol–water partition coefficient (Wildman–Crippen LogP) is 3.07. The van der Waals surface area contributed by atoms with Gasteiger partial charge in [0.25, 0.3) is 11.5 Å². The van der Waals surface area contributed by atoms with Gasteiger partial charge in [0.05, 0.1) is 23.7 Å². The number of rotatable bonds is 4. The average Bonchev–Trinajstić information content (AvgIpc) is 3.21. The summed E-state index contributed by atoms with van der Waals surface area (Å²) in [5, 5.41) is 3.53. The van der Waals surface area contributed by atoms with Crippen LogP contribution in [0.5, 0.6) is 5.75 Å². The smallest absolute Gasteiger partial charge is 0.265 e. The van der Waals surface area contributed by atoms with Gasteiger partial charge in [0, 0.05) is 17.7 Å². The lowest BCUT2D eigenvalue weighted by Crippen LogP contribution is -2.32. The van der Waals surface area contributed by atoms with Crippen LogP contribution in [0.15, 0.2) is 53.6 Å². The van der Waals surface area contributed by atoms with Gasteiger partial charge in [0.15, 0.2) is 0 Å². The van der Waals surface area contributed by atoms with Crippen molar-refractivity contribution in [1.29, 1.82) is 0 Å². The van der Waals surface area contributed by atoms with Crippen LogP contribution in [-0.2, 0) is 0 Å². The number of nitrogens with zero attached hydrogens (tertiary/aromatic N) is 2. The normalized spacial score (nSPS) is 14.4. The summed E-state index contributed by atoms with van der Waals surface area (Å²) in [7, 11) is 1.58. The monoisotopic (exact) mass is 363 g/mol. The van der Waals surface area contributed by atoms with Crippen molar-refractivity contribution in [3.05, 3.63) is 64.7 Å². The molecule has 27 heavy (non-hydrogen) atoms. The highest BCUT2D eigenvalue weighted by Crippen LogP contribution is 2.19. The van der Waals surface area contributed by atoms with Crippen LogP contribution in [0.3, 0.4) is 0 Å². The number of hydrogen-bond acceptors (Lipinski definition) is 4. The Labute approximate surface area is 156 Å². The van der Waals surface area contributed by atoms with E-state index in [1.54, 1.807) is 31.4 Å². The molecule has 1 aliphatic rings. The van der Waals surface area contributed by atoms with Crippen molar-refractivity contribution in [2.45, 2.75) is 31.7 Å². The molecule has 0 radical (unpaired) electrons. The number of fused-ring (bicyclic) bond motifs is 1. The molecule has 2 aromatic carbocycles. The van der Waals surface area contributed by atoms with Gasteiger partial charge in [-0.05, 0) is 43.2 Å². The summed E-state index contributed by atoms with van der Waals surface area (Å²) in [4.78, 5) is 29.7. The Kier molecular flexibility index (Phi) is 4.62. The molecule has 0 atom stereocenters. The molecule has 1 saturated carbocycles. The number of carbonyl (C=O) groups excluding carboxylic acids is 1. The van der Waals surface area contributed by atoms with Crippen molar-refractivity contribution in [3.8, 4) is 11.4 Å². The lowest BCUT2D eigenvalue weighted by molar-refractivity contribution is 0.0938. The molecule has 1 fully saturated rings. The topological polar surface area (TPSA) is 73.2 Å². The average molecular weight is 363 g/mol. The zero-order valence-electron chi connectivity index (χ0n) is 15.1. The Bertz CT molecular complexity index is 1050. The largest absolute Gasteiger partial charge is 0.497 e. The van der Waals surface area contributed by atoms with E-state index in [9.17, 15) is 9.59 Å². The number of carbonyl (C=O) groups is 1. The fourth-order valence-electron chi connectivity index (χ4n) is 3.55. The summed E-state index contributed by atoms with van der Waals surface area (Å²) in [6, 6.07) is 12.5. The van der Waals surface area contributed by atoms with Gasteiger partial charge < -0.3 is 10.1 Å². The van der Waals surface area contributed by atoms with Gasteiger partial charge in [-0.3, -0.25) is 14.2 Å². The number of ether oxygens (including phenoxy) is 1. The molecule has 3 aromatic rings. The minimum absolute atomic E-state index is 0.109. The van der Waals surface area contributed by atoms with Crippen LogP contribution >= 0.6 is 0 Å². The third kappa shape index (κ3) is 3.43. The molecule has 1 heterocycles. The summed E-state index contributed by atoms with van der Waals surface area (Å²) < 4.78 is 6.70. The SMILES string of the molecule is COc1cccc(-n2cnc3cc(C(=O)NC4CCCC4)ccc3c2=O)c1. The van der Waals surface area contributed by atoms with E-state index in [1.165, 1.54) is 10.9 Å². The zero-order chi connectivity index (χ0) is 18.8. The summed E-state index contributed by atoms with van der Waals surface area (Å²) in [6.45, 7) is 0. The maximum Gasteiger partial charge on any atom is 0.265 e. The summed E-state index contributed by atoms with van der Waals surface area (Å²) >= 11 is 0. The molecule has 0 aliphatic heterocycles. The Hall–Kier alpha value is -3.15. The van der Waals surface area contributed by atoms with Crippen LogP contribution in [0.2, 0.25) is 0 Å². The van der Waals surface area contributed by atoms with Crippen LogP contribution in [0, 0.1) is 0 Å². The maximum atomic E-state index is 12.9. The Morgan fingerprint density at radius 2 is 2.00 bits per heavy atom. The highest BCUT2D eigenvalue weighted by atomic mass is 16.5. The zero-order valence-corrected chi connectivity index (χ0v) is 15.1. The number of hydrogen-bond donors (Lipinski definition) is 1. The van der Waals surface area contributed by atoms with Crippen molar-refractivity contribution in [1.82, 2.24) is 14.9 Å². The lowest BCUT2D eigenvalue weighted by Gasteiger charge is -2.12. The Morgan fingerprint density at radius 3 is 2.78 bits per heavy atom. The molecule has 1 aromatic heterocycles. The number of nitrogens with one attached hydrogen (secondary N) is 1.